The Kier molecular flexibility index (Phi) is 3.16. The van der Waals surface area contributed by atoms with E-state index >= 15 is 0 Å². The van der Waals surface area contributed by atoms with Gasteiger partial charge in [0.15, 0.2) is 0 Å². The van der Waals surface area contributed by atoms with E-state index in [-0.39, 0.29) is 11.3 Å². The summed E-state index contributed by atoms with van der Waals surface area (Å²) in [7, 11) is 0. The fraction of sp³-hybridized carbons (Fsp3) is 0.500. The van der Waals surface area contributed by atoms with Crippen LogP contribution in [0.4, 0.5) is 5.69 Å². The van der Waals surface area contributed by atoms with Crippen LogP contribution >= 0.6 is 11.6 Å². The third-order valence-corrected chi connectivity index (χ3v) is 4.08. The van der Waals surface area contributed by atoms with Gasteiger partial charge in [-0.05, 0) is 18.1 Å². The number of likely N-dealkylation sites (tertiary alicyclic amines) is 1. The van der Waals surface area contributed by atoms with Crippen molar-refractivity contribution in [3.8, 4) is 0 Å². The van der Waals surface area contributed by atoms with Gasteiger partial charge < -0.3 is 9.80 Å². The normalized spacial score (nSPS) is 22.7. The summed E-state index contributed by atoms with van der Waals surface area (Å²) in [4.78, 5) is 15.9. The molecule has 2 aliphatic heterocycles. The zero-order valence-corrected chi connectivity index (χ0v) is 11.1. The summed E-state index contributed by atoms with van der Waals surface area (Å²) in [6.07, 6.45) is 1.61. The van der Waals surface area contributed by atoms with Crippen molar-refractivity contribution in [1.82, 2.24) is 4.90 Å². The maximum absolute atomic E-state index is 11.7. The molecule has 1 unspecified atom stereocenters. The summed E-state index contributed by atoms with van der Waals surface area (Å²) in [5.74, 6) is 0.197. The monoisotopic (exact) mass is 264 g/mol. The summed E-state index contributed by atoms with van der Waals surface area (Å²) in [5.41, 5.74) is 2.74. The van der Waals surface area contributed by atoms with Crippen LogP contribution in [-0.4, -0.2) is 42.4 Å². The first-order chi connectivity index (χ1) is 8.74. The van der Waals surface area contributed by atoms with E-state index in [1.54, 1.807) is 0 Å². The molecule has 0 aromatic heterocycles. The van der Waals surface area contributed by atoms with Gasteiger partial charge in [-0.2, -0.15) is 0 Å². The SMILES string of the molecule is O=C1CC(Cl)CN1CCN1CCc2ccccc21. The second kappa shape index (κ2) is 4.81. The molecule has 18 heavy (non-hydrogen) atoms. The van der Waals surface area contributed by atoms with Crippen LogP contribution in [0.15, 0.2) is 24.3 Å². The fourth-order valence-corrected chi connectivity index (χ4v) is 3.12. The molecule has 1 aromatic carbocycles. The molecule has 1 saturated heterocycles. The maximum atomic E-state index is 11.7. The molecule has 1 aromatic rings. The van der Waals surface area contributed by atoms with Crippen LogP contribution in [0.25, 0.3) is 0 Å². The molecular weight excluding hydrogens is 248 g/mol. The highest BCUT2D eigenvalue weighted by molar-refractivity contribution is 6.22. The number of hydrogen-bond donors (Lipinski definition) is 0. The number of halogens is 1. The van der Waals surface area contributed by atoms with Gasteiger partial charge in [0.05, 0.1) is 5.38 Å². The van der Waals surface area contributed by atoms with E-state index in [1.807, 2.05) is 4.90 Å². The van der Waals surface area contributed by atoms with Crippen molar-refractivity contribution in [2.24, 2.45) is 0 Å². The van der Waals surface area contributed by atoms with E-state index in [0.717, 1.165) is 26.1 Å². The number of amides is 1. The average Bonchev–Trinajstić information content (AvgIpc) is 2.90. The minimum Gasteiger partial charge on any atom is -0.369 e. The Bertz CT molecular complexity index is 463. The Hall–Kier alpha value is -1.22. The standard InChI is InChI=1S/C14H17ClN2O/c15-12-9-14(18)17(10-12)8-7-16-6-5-11-3-1-2-4-13(11)16/h1-4,12H,5-10H2. The van der Waals surface area contributed by atoms with Crippen LogP contribution in [0.5, 0.6) is 0 Å². The van der Waals surface area contributed by atoms with Crippen LogP contribution in [-0.2, 0) is 11.2 Å². The van der Waals surface area contributed by atoms with Gasteiger partial charge in [0, 0.05) is 38.3 Å². The van der Waals surface area contributed by atoms with Gasteiger partial charge in [-0.25, -0.2) is 0 Å². The molecule has 0 radical (unpaired) electrons. The number of fused-ring (bicyclic) bond motifs is 1. The molecule has 0 saturated carbocycles. The van der Waals surface area contributed by atoms with Gasteiger partial charge in [0.2, 0.25) is 5.91 Å². The number of hydrogen-bond acceptors (Lipinski definition) is 2. The van der Waals surface area contributed by atoms with Crippen molar-refractivity contribution < 1.29 is 4.79 Å². The molecule has 3 rings (SSSR count). The number of nitrogens with zero attached hydrogens (tertiary/aromatic N) is 2. The molecule has 0 bridgehead atoms. The first kappa shape index (κ1) is 11.8. The zero-order valence-electron chi connectivity index (χ0n) is 10.3. The van der Waals surface area contributed by atoms with Gasteiger partial charge in [-0.3, -0.25) is 4.79 Å². The highest BCUT2D eigenvalue weighted by Crippen LogP contribution is 2.27. The Morgan fingerprint density at radius 1 is 1.22 bits per heavy atom. The van der Waals surface area contributed by atoms with Crippen molar-refractivity contribution in [3.63, 3.8) is 0 Å². The van der Waals surface area contributed by atoms with Crippen LogP contribution in [0.1, 0.15) is 12.0 Å². The Morgan fingerprint density at radius 2 is 2.00 bits per heavy atom. The lowest BCUT2D eigenvalue weighted by molar-refractivity contribution is -0.127. The second-order valence-electron chi connectivity index (χ2n) is 5.01. The highest BCUT2D eigenvalue weighted by Gasteiger charge is 2.28. The molecule has 1 fully saturated rings. The molecule has 4 heteroatoms. The minimum absolute atomic E-state index is 0.00312. The molecule has 2 heterocycles. The first-order valence-corrected chi connectivity index (χ1v) is 6.92. The predicted octanol–water partition coefficient (Wildman–Crippen LogP) is 1.89. The number of para-hydroxylation sites is 1. The lowest BCUT2D eigenvalue weighted by Gasteiger charge is -2.23. The van der Waals surface area contributed by atoms with Gasteiger partial charge in [-0.15, -0.1) is 11.6 Å². The maximum Gasteiger partial charge on any atom is 0.224 e. The molecule has 0 spiro atoms. The predicted molar refractivity (Wildman–Crippen MR) is 73.2 cm³/mol. The number of benzene rings is 1. The third kappa shape index (κ3) is 2.19. The number of rotatable bonds is 3. The van der Waals surface area contributed by atoms with E-state index in [4.69, 9.17) is 11.6 Å². The van der Waals surface area contributed by atoms with Gasteiger partial charge in [-0.1, -0.05) is 18.2 Å². The zero-order chi connectivity index (χ0) is 12.5. The van der Waals surface area contributed by atoms with Crippen molar-refractivity contribution in [2.45, 2.75) is 18.2 Å². The quantitative estimate of drug-likeness (QED) is 0.779. The topological polar surface area (TPSA) is 23.6 Å². The summed E-state index contributed by atoms with van der Waals surface area (Å²) < 4.78 is 0. The molecular formula is C14H17ClN2O. The van der Waals surface area contributed by atoms with E-state index < -0.39 is 0 Å². The van der Waals surface area contributed by atoms with Crippen LogP contribution in [0.2, 0.25) is 0 Å². The smallest absolute Gasteiger partial charge is 0.224 e. The molecule has 1 atom stereocenters. The summed E-state index contributed by atoms with van der Waals surface area (Å²) in [6, 6.07) is 8.51. The third-order valence-electron chi connectivity index (χ3n) is 3.79. The van der Waals surface area contributed by atoms with Crippen LogP contribution < -0.4 is 4.90 Å². The minimum atomic E-state index is 0.00312. The molecule has 0 aliphatic carbocycles. The van der Waals surface area contributed by atoms with Gasteiger partial charge >= 0.3 is 0 Å². The lowest BCUT2D eigenvalue weighted by atomic mass is 10.2. The summed E-state index contributed by atoms with van der Waals surface area (Å²) in [6.45, 7) is 3.46. The largest absolute Gasteiger partial charge is 0.369 e. The number of carbonyl (C=O) groups excluding carboxylic acids is 1. The highest BCUT2D eigenvalue weighted by atomic mass is 35.5. The van der Waals surface area contributed by atoms with Crippen molar-refractivity contribution in [1.29, 1.82) is 0 Å². The Morgan fingerprint density at radius 3 is 2.78 bits per heavy atom. The van der Waals surface area contributed by atoms with Crippen molar-refractivity contribution >= 4 is 23.2 Å². The first-order valence-electron chi connectivity index (χ1n) is 6.49. The molecule has 96 valence electrons. The second-order valence-corrected chi connectivity index (χ2v) is 5.62. The molecule has 2 aliphatic rings. The summed E-state index contributed by atoms with van der Waals surface area (Å²) >= 11 is 6.00. The lowest BCUT2D eigenvalue weighted by Crippen LogP contribution is -2.35. The number of alkyl halides is 1. The molecule has 0 N–H and O–H groups in total. The van der Waals surface area contributed by atoms with Gasteiger partial charge in [0.1, 0.15) is 0 Å². The van der Waals surface area contributed by atoms with E-state index in [9.17, 15) is 4.79 Å². The Balaban J connectivity index is 1.60. The molecule has 3 nitrogen and oxygen atoms in total. The average molecular weight is 265 g/mol. The Labute approximate surface area is 112 Å². The van der Waals surface area contributed by atoms with Gasteiger partial charge in [0.25, 0.3) is 0 Å². The van der Waals surface area contributed by atoms with Crippen LogP contribution in [0.3, 0.4) is 0 Å². The van der Waals surface area contributed by atoms with E-state index in [2.05, 4.69) is 29.2 Å². The van der Waals surface area contributed by atoms with E-state index in [0.29, 0.717) is 13.0 Å². The number of anilines is 1. The van der Waals surface area contributed by atoms with E-state index in [1.165, 1.54) is 11.3 Å². The fourth-order valence-electron chi connectivity index (χ4n) is 2.82. The van der Waals surface area contributed by atoms with Crippen molar-refractivity contribution in [2.75, 3.05) is 31.1 Å². The number of carbonyl (C=O) groups is 1. The molecule has 1 amide bonds. The summed E-state index contributed by atoms with van der Waals surface area (Å²) in [5, 5.41) is 0.00312. The van der Waals surface area contributed by atoms with Crippen molar-refractivity contribution in [3.05, 3.63) is 29.8 Å². The van der Waals surface area contributed by atoms with Crippen LogP contribution in [0, 0.1) is 0 Å².